The van der Waals surface area contributed by atoms with Gasteiger partial charge in [-0.1, -0.05) is 39.0 Å². The summed E-state index contributed by atoms with van der Waals surface area (Å²) in [6.45, 7) is 6.47. The monoisotopic (exact) mass is 321 g/mol. The third-order valence-electron chi connectivity index (χ3n) is 4.74. The first-order valence-corrected chi connectivity index (χ1v) is 9.11. The fourth-order valence-electron chi connectivity index (χ4n) is 3.82. The smallest absolute Gasteiger partial charge is 0.234 e. The Labute approximate surface area is 131 Å². The lowest BCUT2D eigenvalue weighted by molar-refractivity contribution is -0.119. The van der Waals surface area contributed by atoms with E-state index in [-0.39, 0.29) is 17.4 Å². The predicted molar refractivity (Wildman–Crippen MR) is 89.3 cm³/mol. The molecule has 1 spiro atoms. The van der Waals surface area contributed by atoms with Crippen LogP contribution in [0.3, 0.4) is 0 Å². The van der Waals surface area contributed by atoms with E-state index in [0.717, 1.165) is 17.7 Å². The summed E-state index contributed by atoms with van der Waals surface area (Å²) < 4.78 is 13.0. The molecule has 1 aromatic rings. The van der Waals surface area contributed by atoms with E-state index in [4.69, 9.17) is 5.73 Å². The second-order valence-corrected chi connectivity index (χ2v) is 9.41. The summed E-state index contributed by atoms with van der Waals surface area (Å²) in [6.07, 6.45) is 1.34. The number of primary amides is 1. The van der Waals surface area contributed by atoms with Gasteiger partial charge in [-0.2, -0.15) is 0 Å². The summed E-state index contributed by atoms with van der Waals surface area (Å²) in [4.78, 5) is 11.7. The molecule has 120 valence electrons. The van der Waals surface area contributed by atoms with E-state index in [0.29, 0.717) is 6.42 Å². The van der Waals surface area contributed by atoms with Gasteiger partial charge in [0.15, 0.2) is 7.95 Å². The van der Waals surface area contributed by atoms with Crippen LogP contribution in [0.2, 0.25) is 0 Å². The Morgan fingerprint density at radius 1 is 1.41 bits per heavy atom. The number of rotatable bonds is 2. The summed E-state index contributed by atoms with van der Waals surface area (Å²) >= 11 is 0. The number of nitrogens with one attached hydrogen (secondary N) is 2. The van der Waals surface area contributed by atoms with Crippen molar-refractivity contribution < 1.29 is 9.36 Å². The van der Waals surface area contributed by atoms with Gasteiger partial charge >= 0.3 is 0 Å². The van der Waals surface area contributed by atoms with Gasteiger partial charge in [-0.3, -0.25) is 4.79 Å². The molecular formula is C16H24N3O2P. The van der Waals surface area contributed by atoms with Gasteiger partial charge < -0.3 is 20.7 Å². The molecule has 2 aliphatic rings. The van der Waals surface area contributed by atoms with Crippen molar-refractivity contribution in [2.45, 2.75) is 50.9 Å². The molecule has 0 saturated carbocycles. The number of benzene rings is 1. The molecule has 0 aliphatic carbocycles. The number of anilines is 1. The Hall–Kier alpha value is -1.32. The number of amides is 1. The van der Waals surface area contributed by atoms with Gasteiger partial charge in [0.05, 0.1) is 11.2 Å². The van der Waals surface area contributed by atoms with Crippen LogP contribution in [0.5, 0.6) is 0 Å². The average molecular weight is 321 g/mol. The SMILES string of the molecule is CC(C)(C)CC1NC(C(N)=O)CC12c1ccccc1N[PH]2=O. The van der Waals surface area contributed by atoms with Gasteiger partial charge in [-0.25, -0.2) is 0 Å². The van der Waals surface area contributed by atoms with Crippen LogP contribution in [0.15, 0.2) is 24.3 Å². The van der Waals surface area contributed by atoms with E-state index in [2.05, 4.69) is 31.2 Å². The largest absolute Gasteiger partial charge is 0.368 e. The third-order valence-corrected chi connectivity index (χ3v) is 6.87. The fourth-order valence-corrected chi connectivity index (χ4v) is 5.86. The predicted octanol–water partition coefficient (Wildman–Crippen LogP) is 2.43. The summed E-state index contributed by atoms with van der Waals surface area (Å²) in [6, 6.07) is 7.44. The van der Waals surface area contributed by atoms with Crippen LogP contribution < -0.4 is 16.1 Å². The standard InChI is InChI=1S/C16H24N3O2P/c1-15(2,3)9-13-16(8-12(18-13)14(17)20)10-6-4-5-7-11(10)19-22(16)21/h4-7,12-13,18,22H,8-9H2,1-3H3,(H2,17,20)(H,19,21). The van der Waals surface area contributed by atoms with Gasteiger partial charge in [-0.05, 0) is 29.9 Å². The summed E-state index contributed by atoms with van der Waals surface area (Å²) in [5.74, 6) is -0.366. The van der Waals surface area contributed by atoms with Crippen LogP contribution >= 0.6 is 7.95 Å². The molecule has 22 heavy (non-hydrogen) atoms. The highest BCUT2D eigenvalue weighted by molar-refractivity contribution is 7.48. The van der Waals surface area contributed by atoms with Gasteiger partial charge in [-0.15, -0.1) is 0 Å². The van der Waals surface area contributed by atoms with Crippen molar-refractivity contribution in [1.82, 2.24) is 5.32 Å². The summed E-state index contributed by atoms with van der Waals surface area (Å²) in [7, 11) is -2.11. The minimum atomic E-state index is -2.11. The first kappa shape index (κ1) is 15.6. The molecule has 1 fully saturated rings. The zero-order valence-corrected chi connectivity index (χ0v) is 14.3. The molecule has 4 unspecified atom stereocenters. The van der Waals surface area contributed by atoms with Crippen molar-refractivity contribution in [3.05, 3.63) is 29.8 Å². The number of fused-ring (bicyclic) bond motifs is 2. The van der Waals surface area contributed by atoms with Crippen molar-refractivity contribution in [3.8, 4) is 0 Å². The molecule has 2 aliphatic heterocycles. The topological polar surface area (TPSA) is 84.2 Å². The lowest BCUT2D eigenvalue weighted by atomic mass is 9.80. The molecular weight excluding hydrogens is 297 g/mol. The Balaban J connectivity index is 2.08. The van der Waals surface area contributed by atoms with E-state index >= 15 is 0 Å². The number of carbonyl (C=O) groups excluding carboxylic acids is 1. The lowest BCUT2D eigenvalue weighted by Crippen LogP contribution is -2.43. The van der Waals surface area contributed by atoms with Crippen LogP contribution in [0, 0.1) is 5.41 Å². The van der Waals surface area contributed by atoms with Crippen LogP contribution in [-0.2, 0) is 14.5 Å². The van der Waals surface area contributed by atoms with Gasteiger partial charge in [0.2, 0.25) is 5.91 Å². The van der Waals surface area contributed by atoms with Crippen LogP contribution in [0.1, 0.15) is 39.2 Å². The highest BCUT2D eigenvalue weighted by Crippen LogP contribution is 2.63. The summed E-state index contributed by atoms with van der Waals surface area (Å²) in [5, 5.41) is 6.00. The van der Waals surface area contributed by atoms with E-state index in [1.54, 1.807) is 0 Å². The van der Waals surface area contributed by atoms with Crippen LogP contribution in [0.4, 0.5) is 5.69 Å². The molecule has 1 amide bonds. The van der Waals surface area contributed by atoms with Crippen molar-refractivity contribution in [3.63, 3.8) is 0 Å². The molecule has 6 heteroatoms. The van der Waals surface area contributed by atoms with Crippen molar-refractivity contribution in [1.29, 1.82) is 0 Å². The fraction of sp³-hybridized carbons (Fsp3) is 0.562. The molecule has 2 heterocycles. The Kier molecular flexibility index (Phi) is 3.61. The van der Waals surface area contributed by atoms with Crippen molar-refractivity contribution >= 4 is 19.5 Å². The molecule has 4 N–H and O–H groups in total. The normalized spacial score (nSPS) is 33.7. The van der Waals surface area contributed by atoms with Crippen LogP contribution in [-0.4, -0.2) is 18.0 Å². The van der Waals surface area contributed by atoms with E-state index < -0.39 is 19.1 Å². The Morgan fingerprint density at radius 3 is 2.73 bits per heavy atom. The molecule has 5 nitrogen and oxygen atoms in total. The minimum absolute atomic E-state index is 0.0208. The van der Waals surface area contributed by atoms with Crippen LogP contribution in [0.25, 0.3) is 0 Å². The maximum atomic E-state index is 13.0. The Morgan fingerprint density at radius 2 is 2.09 bits per heavy atom. The molecule has 0 radical (unpaired) electrons. The van der Waals surface area contributed by atoms with Gasteiger partial charge in [0.25, 0.3) is 0 Å². The number of para-hydroxylation sites is 1. The van der Waals surface area contributed by atoms with E-state index in [1.807, 2.05) is 24.3 Å². The molecule has 1 aromatic carbocycles. The maximum absolute atomic E-state index is 13.0. The zero-order chi connectivity index (χ0) is 16.1. The molecule has 0 bridgehead atoms. The highest BCUT2D eigenvalue weighted by Gasteiger charge is 2.57. The molecule has 3 rings (SSSR count). The van der Waals surface area contributed by atoms with Gasteiger partial charge in [0, 0.05) is 11.7 Å². The molecule has 0 aromatic heterocycles. The first-order valence-electron chi connectivity index (χ1n) is 7.70. The maximum Gasteiger partial charge on any atom is 0.234 e. The second kappa shape index (κ2) is 5.10. The number of carbonyl (C=O) groups is 1. The molecule has 4 atom stereocenters. The third kappa shape index (κ3) is 2.37. The number of hydrogen-bond acceptors (Lipinski definition) is 3. The minimum Gasteiger partial charge on any atom is -0.368 e. The van der Waals surface area contributed by atoms with Crippen molar-refractivity contribution in [2.24, 2.45) is 11.1 Å². The molecule has 1 saturated heterocycles. The van der Waals surface area contributed by atoms with Crippen molar-refractivity contribution in [2.75, 3.05) is 5.09 Å². The van der Waals surface area contributed by atoms with E-state index in [1.165, 1.54) is 0 Å². The average Bonchev–Trinajstić information content (AvgIpc) is 2.90. The van der Waals surface area contributed by atoms with Gasteiger partial charge in [0.1, 0.15) is 0 Å². The Bertz CT molecular complexity index is 641. The number of nitrogens with two attached hydrogens (primary N) is 1. The number of hydrogen-bond donors (Lipinski definition) is 3. The summed E-state index contributed by atoms with van der Waals surface area (Å²) in [5.41, 5.74) is 7.58. The quantitative estimate of drug-likeness (QED) is 0.731. The second-order valence-electron chi connectivity index (χ2n) is 7.61. The lowest BCUT2D eigenvalue weighted by Gasteiger charge is -2.34. The first-order chi connectivity index (χ1) is 10.2. The van der Waals surface area contributed by atoms with E-state index in [9.17, 15) is 9.36 Å². The highest BCUT2D eigenvalue weighted by atomic mass is 31.1. The zero-order valence-electron chi connectivity index (χ0n) is 13.3.